The van der Waals surface area contributed by atoms with E-state index in [0.717, 1.165) is 5.56 Å². The SMILES string of the molecule is C[C@@H](OC(=O)COc1ccccc1Cl)C(=O)NCc1ccccc1. The highest BCUT2D eigenvalue weighted by Crippen LogP contribution is 2.22. The van der Waals surface area contributed by atoms with Crippen molar-refractivity contribution in [1.29, 1.82) is 0 Å². The minimum atomic E-state index is -0.906. The molecule has 1 atom stereocenters. The van der Waals surface area contributed by atoms with Gasteiger partial charge in [-0.25, -0.2) is 4.79 Å². The number of benzene rings is 2. The quantitative estimate of drug-likeness (QED) is 0.782. The minimum Gasteiger partial charge on any atom is -0.480 e. The van der Waals surface area contributed by atoms with Crippen molar-refractivity contribution < 1.29 is 19.1 Å². The predicted molar refractivity (Wildman–Crippen MR) is 90.8 cm³/mol. The van der Waals surface area contributed by atoms with E-state index < -0.39 is 12.1 Å². The van der Waals surface area contributed by atoms with Crippen LogP contribution >= 0.6 is 11.6 Å². The molecule has 0 aliphatic heterocycles. The number of halogens is 1. The third kappa shape index (κ3) is 5.59. The Labute approximate surface area is 145 Å². The van der Waals surface area contributed by atoms with Crippen LogP contribution < -0.4 is 10.1 Å². The van der Waals surface area contributed by atoms with Crippen LogP contribution in [-0.2, 0) is 20.9 Å². The molecule has 1 amide bonds. The molecule has 0 fully saturated rings. The van der Waals surface area contributed by atoms with Gasteiger partial charge in [0.25, 0.3) is 5.91 Å². The number of hydrogen-bond acceptors (Lipinski definition) is 4. The zero-order valence-corrected chi connectivity index (χ0v) is 14.0. The molecule has 0 saturated carbocycles. The molecule has 0 aromatic heterocycles. The summed E-state index contributed by atoms with van der Waals surface area (Å²) in [7, 11) is 0. The van der Waals surface area contributed by atoms with Crippen LogP contribution in [0.2, 0.25) is 5.02 Å². The molecule has 0 heterocycles. The molecule has 0 saturated heterocycles. The highest BCUT2D eigenvalue weighted by Gasteiger charge is 2.18. The lowest BCUT2D eigenvalue weighted by Gasteiger charge is -2.14. The molecule has 0 bridgehead atoms. The molecule has 0 aliphatic carbocycles. The topological polar surface area (TPSA) is 64.6 Å². The van der Waals surface area contributed by atoms with Gasteiger partial charge in [0.1, 0.15) is 5.75 Å². The van der Waals surface area contributed by atoms with Gasteiger partial charge in [-0.05, 0) is 24.6 Å². The molecule has 5 nitrogen and oxygen atoms in total. The van der Waals surface area contributed by atoms with E-state index in [1.165, 1.54) is 6.92 Å². The Balaban J connectivity index is 1.74. The molecule has 1 N–H and O–H groups in total. The summed E-state index contributed by atoms with van der Waals surface area (Å²) >= 11 is 5.92. The van der Waals surface area contributed by atoms with Gasteiger partial charge in [-0.2, -0.15) is 0 Å². The zero-order valence-electron chi connectivity index (χ0n) is 13.2. The van der Waals surface area contributed by atoms with Crippen molar-refractivity contribution in [2.24, 2.45) is 0 Å². The van der Waals surface area contributed by atoms with E-state index in [0.29, 0.717) is 17.3 Å². The van der Waals surface area contributed by atoms with E-state index in [1.54, 1.807) is 24.3 Å². The Bertz CT molecular complexity index is 690. The van der Waals surface area contributed by atoms with E-state index in [9.17, 15) is 9.59 Å². The van der Waals surface area contributed by atoms with Crippen molar-refractivity contribution in [1.82, 2.24) is 5.32 Å². The van der Waals surface area contributed by atoms with Crippen molar-refractivity contribution in [3.63, 3.8) is 0 Å². The maximum atomic E-state index is 11.9. The lowest BCUT2D eigenvalue weighted by atomic mass is 10.2. The van der Waals surface area contributed by atoms with Crippen molar-refractivity contribution in [2.45, 2.75) is 19.6 Å². The summed E-state index contributed by atoms with van der Waals surface area (Å²) in [5.74, 6) is -0.625. The van der Waals surface area contributed by atoms with Gasteiger partial charge >= 0.3 is 5.97 Å². The second-order valence-electron chi connectivity index (χ2n) is 5.05. The first-order chi connectivity index (χ1) is 11.6. The van der Waals surface area contributed by atoms with Crippen LogP contribution in [0.3, 0.4) is 0 Å². The summed E-state index contributed by atoms with van der Waals surface area (Å²) in [6.45, 7) is 1.56. The number of esters is 1. The van der Waals surface area contributed by atoms with Crippen molar-refractivity contribution in [3.05, 3.63) is 65.2 Å². The number of carbonyl (C=O) groups is 2. The fraction of sp³-hybridized carbons (Fsp3) is 0.222. The highest BCUT2D eigenvalue weighted by molar-refractivity contribution is 6.32. The van der Waals surface area contributed by atoms with Gasteiger partial charge in [0, 0.05) is 6.54 Å². The Morgan fingerprint density at radius 2 is 1.75 bits per heavy atom. The monoisotopic (exact) mass is 347 g/mol. The maximum Gasteiger partial charge on any atom is 0.344 e. The molecule has 24 heavy (non-hydrogen) atoms. The van der Waals surface area contributed by atoms with E-state index in [-0.39, 0.29) is 12.5 Å². The first kappa shape index (κ1) is 17.8. The molecule has 0 spiro atoms. The van der Waals surface area contributed by atoms with Crippen LogP contribution in [-0.4, -0.2) is 24.6 Å². The molecule has 2 rings (SSSR count). The van der Waals surface area contributed by atoms with Crippen molar-refractivity contribution in [2.75, 3.05) is 6.61 Å². The van der Waals surface area contributed by atoms with Crippen LogP contribution in [0.15, 0.2) is 54.6 Å². The molecular formula is C18H18ClNO4. The minimum absolute atomic E-state index is 0.319. The van der Waals surface area contributed by atoms with Crippen LogP contribution in [0.25, 0.3) is 0 Å². The first-order valence-corrected chi connectivity index (χ1v) is 7.82. The fourth-order valence-corrected chi connectivity index (χ4v) is 2.10. The molecule has 6 heteroatoms. The van der Waals surface area contributed by atoms with Crippen LogP contribution in [0.1, 0.15) is 12.5 Å². The molecule has 0 aliphatic rings. The summed E-state index contributed by atoms with van der Waals surface area (Å²) in [6, 6.07) is 16.3. The second-order valence-corrected chi connectivity index (χ2v) is 5.46. The van der Waals surface area contributed by atoms with Gasteiger partial charge < -0.3 is 14.8 Å². The Morgan fingerprint density at radius 3 is 2.46 bits per heavy atom. The number of nitrogens with one attached hydrogen (secondary N) is 1. The molecule has 2 aromatic rings. The number of rotatable bonds is 7. The Hall–Kier alpha value is -2.53. The lowest BCUT2D eigenvalue weighted by molar-refractivity contribution is -0.156. The third-order valence-corrected chi connectivity index (χ3v) is 3.48. The first-order valence-electron chi connectivity index (χ1n) is 7.44. The third-order valence-electron chi connectivity index (χ3n) is 3.17. The smallest absolute Gasteiger partial charge is 0.344 e. The largest absolute Gasteiger partial charge is 0.480 e. The highest BCUT2D eigenvalue weighted by atomic mass is 35.5. The number of amides is 1. The van der Waals surface area contributed by atoms with Gasteiger partial charge in [0.05, 0.1) is 5.02 Å². The molecule has 0 unspecified atom stereocenters. The van der Waals surface area contributed by atoms with E-state index in [2.05, 4.69) is 5.32 Å². The van der Waals surface area contributed by atoms with Gasteiger partial charge in [-0.15, -0.1) is 0 Å². The zero-order chi connectivity index (χ0) is 17.4. The van der Waals surface area contributed by atoms with Crippen LogP contribution in [0, 0.1) is 0 Å². The van der Waals surface area contributed by atoms with Gasteiger partial charge in [0.2, 0.25) is 0 Å². The summed E-state index contributed by atoms with van der Waals surface area (Å²) in [5.41, 5.74) is 0.964. The maximum absolute atomic E-state index is 11.9. The van der Waals surface area contributed by atoms with Crippen LogP contribution in [0.4, 0.5) is 0 Å². The standard InChI is InChI=1S/C18H18ClNO4/c1-13(18(22)20-11-14-7-3-2-4-8-14)24-17(21)12-23-16-10-6-5-9-15(16)19/h2-10,13H,11-12H2,1H3,(H,20,22)/t13-/m1/s1. The van der Waals surface area contributed by atoms with Gasteiger partial charge in [-0.3, -0.25) is 4.79 Å². The molecule has 2 aromatic carbocycles. The number of hydrogen-bond donors (Lipinski definition) is 1. The summed E-state index contributed by atoms with van der Waals surface area (Å²) < 4.78 is 10.3. The normalized spacial score (nSPS) is 11.4. The second kappa shape index (κ2) is 8.93. The summed E-state index contributed by atoms with van der Waals surface area (Å²) in [4.78, 5) is 23.7. The van der Waals surface area contributed by atoms with E-state index in [4.69, 9.17) is 21.1 Å². The Morgan fingerprint density at radius 1 is 1.08 bits per heavy atom. The fourth-order valence-electron chi connectivity index (χ4n) is 1.91. The number of carbonyl (C=O) groups excluding carboxylic acids is 2. The summed E-state index contributed by atoms with van der Waals surface area (Å²) in [5, 5.41) is 3.11. The predicted octanol–water partition coefficient (Wildman–Crippen LogP) is 2.97. The van der Waals surface area contributed by atoms with Gasteiger partial charge in [0.15, 0.2) is 12.7 Å². The lowest BCUT2D eigenvalue weighted by Crippen LogP contribution is -2.36. The number of para-hydroxylation sites is 1. The van der Waals surface area contributed by atoms with E-state index in [1.807, 2.05) is 30.3 Å². The van der Waals surface area contributed by atoms with Crippen LogP contribution in [0.5, 0.6) is 5.75 Å². The molecular weight excluding hydrogens is 330 g/mol. The van der Waals surface area contributed by atoms with Gasteiger partial charge in [-0.1, -0.05) is 54.1 Å². The summed E-state index contributed by atoms with van der Waals surface area (Å²) in [6.07, 6.45) is -0.906. The molecule has 0 radical (unpaired) electrons. The number of ether oxygens (including phenoxy) is 2. The average molecular weight is 348 g/mol. The molecule has 126 valence electrons. The van der Waals surface area contributed by atoms with E-state index >= 15 is 0 Å². The van der Waals surface area contributed by atoms with Crippen molar-refractivity contribution in [3.8, 4) is 5.75 Å². The Kier molecular flexibility index (Phi) is 6.63. The van der Waals surface area contributed by atoms with Crippen molar-refractivity contribution >= 4 is 23.5 Å². The average Bonchev–Trinajstić information content (AvgIpc) is 2.59.